The highest BCUT2D eigenvalue weighted by molar-refractivity contribution is 5.69. The van der Waals surface area contributed by atoms with Crippen LogP contribution in [0.2, 0.25) is 0 Å². The number of hydrogen-bond donors (Lipinski definition) is 1. The highest BCUT2D eigenvalue weighted by Gasteiger charge is 2.18. The second kappa shape index (κ2) is 5.47. The summed E-state index contributed by atoms with van der Waals surface area (Å²) in [6.45, 7) is -0.0507. The number of halogens is 1. The van der Waals surface area contributed by atoms with Gasteiger partial charge in [-0.2, -0.15) is 0 Å². The second-order valence-electron chi connectivity index (χ2n) is 5.31. The minimum atomic E-state index is -1.14. The lowest BCUT2D eigenvalue weighted by molar-refractivity contribution is 0.153. The van der Waals surface area contributed by atoms with E-state index in [1.165, 1.54) is 47.8 Å². The maximum Gasteiger partial charge on any atom is 0.332 e. The zero-order valence-corrected chi connectivity index (χ0v) is 12.6. The van der Waals surface area contributed by atoms with Gasteiger partial charge in [0.25, 0.3) is 5.56 Å². The average Bonchev–Trinajstić information content (AvgIpc) is 2.95. The third-order valence-electron chi connectivity index (χ3n) is 3.85. The molecular formula is C15H15FN4O3. The molecule has 1 N–H and O–H groups in total. The number of rotatable bonds is 3. The minimum Gasteiger partial charge on any atom is -0.386 e. The Hall–Kier alpha value is -2.74. The van der Waals surface area contributed by atoms with Crippen LogP contribution in [-0.2, 0) is 20.6 Å². The van der Waals surface area contributed by atoms with Crippen LogP contribution in [0.1, 0.15) is 11.7 Å². The van der Waals surface area contributed by atoms with E-state index in [4.69, 9.17) is 0 Å². The molecule has 0 aliphatic carbocycles. The van der Waals surface area contributed by atoms with Gasteiger partial charge >= 0.3 is 5.69 Å². The number of fused-ring (bicyclic) bond motifs is 1. The Morgan fingerprint density at radius 3 is 2.61 bits per heavy atom. The van der Waals surface area contributed by atoms with Gasteiger partial charge < -0.3 is 9.67 Å². The van der Waals surface area contributed by atoms with Gasteiger partial charge in [-0.05, 0) is 6.07 Å². The molecule has 2 aromatic heterocycles. The molecule has 2 heterocycles. The fourth-order valence-corrected chi connectivity index (χ4v) is 2.57. The quantitative estimate of drug-likeness (QED) is 0.753. The van der Waals surface area contributed by atoms with Crippen LogP contribution in [0.3, 0.4) is 0 Å². The van der Waals surface area contributed by atoms with Crippen molar-refractivity contribution in [3.05, 3.63) is 62.8 Å². The van der Waals surface area contributed by atoms with Gasteiger partial charge in [-0.15, -0.1) is 0 Å². The summed E-state index contributed by atoms with van der Waals surface area (Å²) >= 11 is 0. The number of aliphatic hydroxyl groups excluding tert-OH is 1. The van der Waals surface area contributed by atoms with E-state index in [0.717, 1.165) is 4.57 Å². The van der Waals surface area contributed by atoms with Crippen molar-refractivity contribution in [2.24, 2.45) is 14.1 Å². The molecule has 0 spiro atoms. The topological polar surface area (TPSA) is 82.0 Å². The van der Waals surface area contributed by atoms with Crippen LogP contribution in [-0.4, -0.2) is 23.8 Å². The van der Waals surface area contributed by atoms with Gasteiger partial charge in [0.2, 0.25) is 0 Å². The molecule has 0 amide bonds. The molecular weight excluding hydrogens is 303 g/mol. The van der Waals surface area contributed by atoms with Crippen molar-refractivity contribution in [3.8, 4) is 0 Å². The molecule has 0 fully saturated rings. The Labute approximate surface area is 129 Å². The van der Waals surface area contributed by atoms with E-state index in [1.807, 2.05) is 0 Å². The van der Waals surface area contributed by atoms with Crippen molar-refractivity contribution in [1.29, 1.82) is 0 Å². The fourth-order valence-electron chi connectivity index (χ4n) is 2.57. The van der Waals surface area contributed by atoms with Gasteiger partial charge in [0, 0.05) is 19.7 Å². The Balaban J connectivity index is 2.10. The van der Waals surface area contributed by atoms with Crippen molar-refractivity contribution in [1.82, 2.24) is 18.7 Å². The number of aryl methyl sites for hydroxylation is 1. The predicted molar refractivity (Wildman–Crippen MR) is 81.6 cm³/mol. The molecule has 0 bridgehead atoms. The van der Waals surface area contributed by atoms with Gasteiger partial charge in [0.15, 0.2) is 11.2 Å². The van der Waals surface area contributed by atoms with E-state index in [0.29, 0.717) is 0 Å². The Morgan fingerprint density at radius 2 is 1.91 bits per heavy atom. The van der Waals surface area contributed by atoms with Crippen molar-refractivity contribution < 1.29 is 9.50 Å². The molecule has 1 aromatic carbocycles. The largest absolute Gasteiger partial charge is 0.386 e. The molecule has 120 valence electrons. The minimum absolute atomic E-state index is 0.0507. The predicted octanol–water partition coefficient (Wildman–Crippen LogP) is 0.306. The molecule has 1 atom stereocenters. The summed E-state index contributed by atoms with van der Waals surface area (Å²) in [4.78, 5) is 28.2. The van der Waals surface area contributed by atoms with Gasteiger partial charge in [-0.3, -0.25) is 13.9 Å². The summed E-state index contributed by atoms with van der Waals surface area (Å²) in [5, 5.41) is 10.3. The average molecular weight is 318 g/mol. The van der Waals surface area contributed by atoms with Crippen molar-refractivity contribution in [2.45, 2.75) is 12.6 Å². The molecule has 23 heavy (non-hydrogen) atoms. The SMILES string of the molecule is Cn1c(=O)c2c(ncn2CC(O)c2ccccc2F)n(C)c1=O. The summed E-state index contributed by atoms with van der Waals surface area (Å²) in [5.74, 6) is -0.523. The van der Waals surface area contributed by atoms with E-state index in [1.54, 1.807) is 6.07 Å². The van der Waals surface area contributed by atoms with Crippen molar-refractivity contribution in [2.75, 3.05) is 0 Å². The van der Waals surface area contributed by atoms with Gasteiger partial charge in [0.1, 0.15) is 5.82 Å². The summed E-state index contributed by atoms with van der Waals surface area (Å²) in [5.41, 5.74) is -0.455. The first-order valence-corrected chi connectivity index (χ1v) is 6.95. The summed E-state index contributed by atoms with van der Waals surface area (Å²) in [6.07, 6.45) is 0.214. The number of aliphatic hydroxyl groups is 1. The maximum absolute atomic E-state index is 13.7. The number of hydrogen-bond acceptors (Lipinski definition) is 4. The molecule has 0 aliphatic rings. The van der Waals surface area contributed by atoms with Gasteiger partial charge in [-0.1, -0.05) is 18.2 Å². The number of aromatic nitrogens is 4. The Bertz CT molecular complexity index is 1000. The second-order valence-corrected chi connectivity index (χ2v) is 5.31. The third-order valence-corrected chi connectivity index (χ3v) is 3.85. The first-order chi connectivity index (χ1) is 10.9. The van der Waals surface area contributed by atoms with Crippen LogP contribution in [0.4, 0.5) is 4.39 Å². The highest BCUT2D eigenvalue weighted by atomic mass is 19.1. The maximum atomic E-state index is 13.7. The number of imidazole rings is 1. The molecule has 0 saturated carbocycles. The van der Waals surface area contributed by atoms with Crippen LogP contribution in [0.15, 0.2) is 40.2 Å². The zero-order valence-electron chi connectivity index (χ0n) is 12.6. The fraction of sp³-hybridized carbons (Fsp3) is 0.267. The van der Waals surface area contributed by atoms with E-state index < -0.39 is 23.2 Å². The zero-order chi connectivity index (χ0) is 16.7. The summed E-state index contributed by atoms with van der Waals surface area (Å²) in [6, 6.07) is 5.89. The smallest absolute Gasteiger partial charge is 0.332 e. The summed E-state index contributed by atoms with van der Waals surface area (Å²) < 4.78 is 17.4. The molecule has 3 rings (SSSR count). The standard InChI is InChI=1S/C15H15FN4O3/c1-18-13-12(14(22)19(2)15(18)23)20(8-17-13)7-11(21)9-5-3-4-6-10(9)16/h3-6,8,11,21H,7H2,1-2H3. The summed E-state index contributed by atoms with van der Waals surface area (Å²) in [7, 11) is 2.88. The van der Waals surface area contributed by atoms with Gasteiger partial charge in [0.05, 0.1) is 19.0 Å². The molecule has 3 aromatic rings. The number of nitrogens with zero attached hydrogens (tertiary/aromatic N) is 4. The first-order valence-electron chi connectivity index (χ1n) is 6.95. The van der Waals surface area contributed by atoms with Crippen LogP contribution < -0.4 is 11.2 Å². The molecule has 7 nitrogen and oxygen atoms in total. The van der Waals surface area contributed by atoms with E-state index >= 15 is 0 Å². The lowest BCUT2D eigenvalue weighted by Crippen LogP contribution is -2.37. The molecule has 0 saturated heterocycles. The first kappa shape index (κ1) is 15.2. The highest BCUT2D eigenvalue weighted by Crippen LogP contribution is 2.19. The lowest BCUT2D eigenvalue weighted by atomic mass is 10.1. The molecule has 0 radical (unpaired) electrons. The van der Waals surface area contributed by atoms with Crippen LogP contribution in [0.5, 0.6) is 0 Å². The Morgan fingerprint density at radius 1 is 1.22 bits per heavy atom. The number of benzene rings is 1. The lowest BCUT2D eigenvalue weighted by Gasteiger charge is -2.13. The molecule has 8 heteroatoms. The van der Waals surface area contributed by atoms with Crippen molar-refractivity contribution >= 4 is 11.2 Å². The van der Waals surface area contributed by atoms with Gasteiger partial charge in [-0.25, -0.2) is 14.2 Å². The molecule has 0 aliphatic heterocycles. The van der Waals surface area contributed by atoms with Crippen LogP contribution >= 0.6 is 0 Å². The van der Waals surface area contributed by atoms with Crippen LogP contribution in [0.25, 0.3) is 11.2 Å². The molecule has 1 unspecified atom stereocenters. The van der Waals surface area contributed by atoms with Crippen molar-refractivity contribution in [3.63, 3.8) is 0 Å². The Kier molecular flexibility index (Phi) is 3.61. The monoisotopic (exact) mass is 318 g/mol. The third kappa shape index (κ3) is 2.36. The van der Waals surface area contributed by atoms with Crippen LogP contribution in [0, 0.1) is 5.82 Å². The van der Waals surface area contributed by atoms with E-state index in [2.05, 4.69) is 4.98 Å². The normalized spacial score (nSPS) is 12.7. The van der Waals surface area contributed by atoms with E-state index in [9.17, 15) is 19.1 Å². The van der Waals surface area contributed by atoms with E-state index in [-0.39, 0.29) is 23.3 Å².